The monoisotopic (exact) mass is 364 g/mol. The van der Waals surface area contributed by atoms with Gasteiger partial charge in [-0.1, -0.05) is 36.4 Å². The smallest absolute Gasteiger partial charge is 0.260 e. The van der Waals surface area contributed by atoms with Crippen molar-refractivity contribution in [3.05, 3.63) is 93.9 Å². The largest absolute Gasteiger partial charge is 0.493 e. The second-order valence-corrected chi connectivity index (χ2v) is 5.86. The van der Waals surface area contributed by atoms with E-state index in [-0.39, 0.29) is 12.1 Å². The van der Waals surface area contributed by atoms with E-state index in [1.165, 1.54) is 12.3 Å². The molecule has 2 N–H and O–H groups in total. The molecule has 0 saturated carbocycles. The highest BCUT2D eigenvalue weighted by molar-refractivity contribution is 5.93. The fraction of sp³-hybridized carbons (Fsp3) is 0.143. The number of carbonyl (C=O) groups excluding carboxylic acids is 1. The molecule has 0 aliphatic carbocycles. The maximum atomic E-state index is 12.1. The van der Waals surface area contributed by atoms with E-state index in [2.05, 4.69) is 10.3 Å². The van der Waals surface area contributed by atoms with E-state index in [0.29, 0.717) is 18.1 Å². The summed E-state index contributed by atoms with van der Waals surface area (Å²) in [5, 5.41) is 2.73. The molecule has 27 heavy (non-hydrogen) atoms. The van der Waals surface area contributed by atoms with Gasteiger partial charge in [-0.2, -0.15) is 0 Å². The van der Waals surface area contributed by atoms with Gasteiger partial charge >= 0.3 is 0 Å². The number of carbonyl (C=O) groups is 1. The molecule has 0 aliphatic heterocycles. The molecule has 6 nitrogen and oxygen atoms in total. The average molecular weight is 364 g/mol. The summed E-state index contributed by atoms with van der Waals surface area (Å²) in [4.78, 5) is 26.3. The molecule has 0 aliphatic rings. The van der Waals surface area contributed by atoms with Gasteiger partial charge in [0.25, 0.3) is 11.5 Å². The van der Waals surface area contributed by atoms with Crippen molar-refractivity contribution in [2.75, 3.05) is 7.11 Å². The number of hydrogen-bond acceptors (Lipinski definition) is 4. The van der Waals surface area contributed by atoms with E-state index in [4.69, 9.17) is 9.47 Å². The Hall–Kier alpha value is -3.54. The third kappa shape index (κ3) is 4.76. The van der Waals surface area contributed by atoms with Crippen LogP contribution < -0.4 is 20.3 Å². The first-order valence-corrected chi connectivity index (χ1v) is 8.47. The number of hydrogen-bond donors (Lipinski definition) is 2. The van der Waals surface area contributed by atoms with Gasteiger partial charge in [0.1, 0.15) is 12.2 Å². The van der Waals surface area contributed by atoms with Crippen molar-refractivity contribution in [1.82, 2.24) is 10.3 Å². The molecule has 6 heteroatoms. The average Bonchev–Trinajstić information content (AvgIpc) is 2.71. The molecule has 0 fully saturated rings. The van der Waals surface area contributed by atoms with Crippen LogP contribution in [-0.2, 0) is 13.2 Å². The molecule has 138 valence electrons. The summed E-state index contributed by atoms with van der Waals surface area (Å²) in [6.45, 7) is 0.701. The fourth-order valence-electron chi connectivity index (χ4n) is 2.55. The maximum Gasteiger partial charge on any atom is 0.260 e. The van der Waals surface area contributed by atoms with Crippen molar-refractivity contribution in [2.45, 2.75) is 13.2 Å². The van der Waals surface area contributed by atoms with Crippen LogP contribution in [0.2, 0.25) is 0 Å². The Labute approximate surface area is 156 Å². The standard InChI is InChI=1S/C21H20N2O4/c1-26-19-12-16(13-23-21(25)17-8-5-11-22-20(17)24)9-10-18(19)27-14-15-6-3-2-4-7-15/h2-12H,13-14H2,1H3,(H,22,24)(H,23,25). The number of amides is 1. The zero-order chi connectivity index (χ0) is 19.1. The highest BCUT2D eigenvalue weighted by Crippen LogP contribution is 2.28. The van der Waals surface area contributed by atoms with Crippen molar-refractivity contribution in [3.63, 3.8) is 0 Å². The van der Waals surface area contributed by atoms with Crippen LogP contribution >= 0.6 is 0 Å². The van der Waals surface area contributed by atoms with Crippen molar-refractivity contribution >= 4 is 5.91 Å². The molecule has 0 spiro atoms. The minimum absolute atomic E-state index is 0.0762. The van der Waals surface area contributed by atoms with Crippen LogP contribution in [0.4, 0.5) is 0 Å². The maximum absolute atomic E-state index is 12.1. The van der Waals surface area contributed by atoms with E-state index >= 15 is 0 Å². The number of rotatable bonds is 7. The molecule has 1 heterocycles. The fourth-order valence-corrected chi connectivity index (χ4v) is 2.55. The van der Waals surface area contributed by atoms with Crippen LogP contribution in [0.25, 0.3) is 0 Å². The second-order valence-electron chi connectivity index (χ2n) is 5.86. The van der Waals surface area contributed by atoms with Crippen molar-refractivity contribution < 1.29 is 14.3 Å². The predicted octanol–water partition coefficient (Wildman–Crippen LogP) is 2.89. The topological polar surface area (TPSA) is 80.4 Å². The molecule has 0 saturated heterocycles. The summed E-state index contributed by atoms with van der Waals surface area (Å²) >= 11 is 0. The number of nitrogens with one attached hydrogen (secondary N) is 2. The first-order chi connectivity index (χ1) is 13.2. The minimum atomic E-state index is -0.430. The first-order valence-electron chi connectivity index (χ1n) is 8.47. The van der Waals surface area contributed by atoms with Crippen LogP contribution in [0.1, 0.15) is 21.5 Å². The van der Waals surface area contributed by atoms with Gasteiger partial charge in [-0.3, -0.25) is 9.59 Å². The number of aromatic amines is 1. The van der Waals surface area contributed by atoms with E-state index in [1.807, 2.05) is 36.4 Å². The van der Waals surface area contributed by atoms with E-state index in [1.54, 1.807) is 25.3 Å². The number of benzene rings is 2. The van der Waals surface area contributed by atoms with E-state index in [9.17, 15) is 9.59 Å². The lowest BCUT2D eigenvalue weighted by molar-refractivity contribution is 0.0949. The SMILES string of the molecule is COc1cc(CNC(=O)c2ccc[nH]c2=O)ccc1OCc1ccccc1. The highest BCUT2D eigenvalue weighted by Gasteiger charge is 2.11. The third-order valence-corrected chi connectivity index (χ3v) is 3.98. The summed E-state index contributed by atoms with van der Waals surface area (Å²) < 4.78 is 11.2. The van der Waals surface area contributed by atoms with Crippen LogP contribution in [0.3, 0.4) is 0 Å². The number of pyridine rings is 1. The van der Waals surface area contributed by atoms with Crippen molar-refractivity contribution in [1.29, 1.82) is 0 Å². The number of methoxy groups -OCH3 is 1. The van der Waals surface area contributed by atoms with Crippen molar-refractivity contribution in [2.24, 2.45) is 0 Å². The molecular weight excluding hydrogens is 344 g/mol. The Balaban J connectivity index is 1.64. The highest BCUT2D eigenvalue weighted by atomic mass is 16.5. The Morgan fingerprint density at radius 1 is 1.00 bits per heavy atom. The van der Waals surface area contributed by atoms with Crippen LogP contribution in [0.15, 0.2) is 71.7 Å². The molecule has 1 aromatic heterocycles. The number of aromatic nitrogens is 1. The van der Waals surface area contributed by atoms with Gasteiger partial charge in [-0.05, 0) is 35.4 Å². The van der Waals surface area contributed by atoms with Gasteiger partial charge < -0.3 is 19.8 Å². The number of ether oxygens (including phenoxy) is 2. The minimum Gasteiger partial charge on any atom is -0.493 e. The van der Waals surface area contributed by atoms with Gasteiger partial charge in [-0.15, -0.1) is 0 Å². The molecule has 3 aromatic rings. The van der Waals surface area contributed by atoms with Gasteiger partial charge in [0.05, 0.1) is 7.11 Å². The Kier molecular flexibility index (Phi) is 5.89. The zero-order valence-corrected chi connectivity index (χ0v) is 14.9. The van der Waals surface area contributed by atoms with E-state index < -0.39 is 11.5 Å². The molecule has 0 atom stereocenters. The number of H-pyrrole nitrogens is 1. The Morgan fingerprint density at radius 2 is 1.81 bits per heavy atom. The third-order valence-electron chi connectivity index (χ3n) is 3.98. The Bertz CT molecular complexity index is 967. The van der Waals surface area contributed by atoms with Crippen LogP contribution in [0, 0.1) is 0 Å². The first kappa shape index (κ1) is 18.3. The van der Waals surface area contributed by atoms with Crippen LogP contribution in [-0.4, -0.2) is 18.0 Å². The summed E-state index contributed by atoms with van der Waals surface area (Å²) in [5.74, 6) is 0.770. The summed E-state index contributed by atoms with van der Waals surface area (Å²) in [7, 11) is 1.57. The molecule has 2 aromatic carbocycles. The summed E-state index contributed by atoms with van der Waals surface area (Å²) in [5.41, 5.74) is 1.55. The molecule has 0 unspecified atom stereocenters. The lowest BCUT2D eigenvalue weighted by Crippen LogP contribution is -2.28. The molecule has 0 bridgehead atoms. The van der Waals surface area contributed by atoms with Gasteiger partial charge in [-0.25, -0.2) is 0 Å². The zero-order valence-electron chi connectivity index (χ0n) is 14.9. The summed E-state index contributed by atoms with van der Waals surface area (Å²) in [6.07, 6.45) is 1.48. The van der Waals surface area contributed by atoms with E-state index in [0.717, 1.165) is 11.1 Å². The summed E-state index contributed by atoms with van der Waals surface area (Å²) in [6, 6.07) is 18.4. The molecular formula is C21H20N2O4. The Morgan fingerprint density at radius 3 is 2.56 bits per heavy atom. The van der Waals surface area contributed by atoms with Gasteiger partial charge in [0.2, 0.25) is 0 Å². The van der Waals surface area contributed by atoms with Crippen LogP contribution in [0.5, 0.6) is 11.5 Å². The molecule has 0 radical (unpaired) electrons. The lowest BCUT2D eigenvalue weighted by Gasteiger charge is -2.13. The normalized spacial score (nSPS) is 10.3. The van der Waals surface area contributed by atoms with Gasteiger partial charge in [0.15, 0.2) is 11.5 Å². The lowest BCUT2D eigenvalue weighted by atomic mass is 10.2. The second kappa shape index (κ2) is 8.71. The molecule has 1 amide bonds. The van der Waals surface area contributed by atoms with Crippen molar-refractivity contribution in [3.8, 4) is 11.5 Å². The van der Waals surface area contributed by atoms with Gasteiger partial charge in [0, 0.05) is 12.7 Å². The molecule has 3 rings (SSSR count). The predicted molar refractivity (Wildman–Crippen MR) is 102 cm³/mol. The quantitative estimate of drug-likeness (QED) is 0.676.